The summed E-state index contributed by atoms with van der Waals surface area (Å²) in [5, 5.41) is 26.9. The summed E-state index contributed by atoms with van der Waals surface area (Å²) in [4.78, 5) is 10.3. The zero-order chi connectivity index (χ0) is 17.9. The van der Waals surface area contributed by atoms with Crippen LogP contribution in [0.2, 0.25) is 0 Å². The predicted molar refractivity (Wildman–Crippen MR) is 98.8 cm³/mol. The molecule has 0 aromatic rings. The van der Waals surface area contributed by atoms with E-state index in [1.54, 1.807) is 6.08 Å². The molecule has 0 spiro atoms. The molecule has 24 heavy (non-hydrogen) atoms. The highest BCUT2D eigenvalue weighted by molar-refractivity contribution is 5.66. The maximum Gasteiger partial charge on any atom is 0.303 e. The van der Waals surface area contributed by atoms with Gasteiger partial charge in [-0.3, -0.25) is 4.79 Å². The van der Waals surface area contributed by atoms with Gasteiger partial charge in [-0.05, 0) is 44.9 Å². The average molecular weight is 336 g/mol. The third-order valence-electron chi connectivity index (χ3n) is 3.35. The Balaban J connectivity index is 3.61. The Morgan fingerprint density at radius 2 is 1.62 bits per heavy atom. The van der Waals surface area contributed by atoms with E-state index in [1.165, 1.54) is 0 Å². The van der Waals surface area contributed by atoms with Crippen LogP contribution in [0.25, 0.3) is 0 Å². The number of hydrogen-bond acceptors (Lipinski definition) is 3. The molecular weight excluding hydrogens is 304 g/mol. The number of aliphatic carboxylic acids is 1. The normalized spacial score (nSPS) is 13.8. The number of carboxylic acids is 1. The number of hydrogen-bond donors (Lipinski definition) is 3. The largest absolute Gasteiger partial charge is 0.481 e. The Labute approximate surface area is 145 Å². The first-order chi connectivity index (χ1) is 11.7. The Morgan fingerprint density at radius 3 is 2.38 bits per heavy atom. The molecule has 0 fully saturated rings. The van der Waals surface area contributed by atoms with E-state index in [4.69, 9.17) is 10.2 Å². The molecule has 0 unspecified atom stereocenters. The van der Waals surface area contributed by atoms with Gasteiger partial charge in [0.25, 0.3) is 0 Å². The van der Waals surface area contributed by atoms with E-state index < -0.39 is 12.1 Å². The van der Waals surface area contributed by atoms with Crippen molar-refractivity contribution in [3.8, 4) is 0 Å². The van der Waals surface area contributed by atoms with E-state index in [1.807, 2.05) is 36.5 Å². The average Bonchev–Trinajstić information content (AvgIpc) is 2.55. The number of rotatable bonds is 15. The summed E-state index contributed by atoms with van der Waals surface area (Å²) in [5.41, 5.74) is 0. The van der Waals surface area contributed by atoms with Gasteiger partial charge in [0.2, 0.25) is 0 Å². The second-order valence-corrected chi connectivity index (χ2v) is 5.65. The van der Waals surface area contributed by atoms with Gasteiger partial charge in [0.05, 0.1) is 6.10 Å². The van der Waals surface area contributed by atoms with Gasteiger partial charge in [0.1, 0.15) is 0 Å². The van der Waals surface area contributed by atoms with Gasteiger partial charge >= 0.3 is 5.97 Å². The fourth-order valence-electron chi connectivity index (χ4n) is 2.00. The molecule has 0 amide bonds. The third-order valence-corrected chi connectivity index (χ3v) is 3.35. The molecule has 0 radical (unpaired) electrons. The summed E-state index contributed by atoms with van der Waals surface area (Å²) in [6.45, 7) is 0.265. The summed E-state index contributed by atoms with van der Waals surface area (Å²) in [7, 11) is 0. The van der Waals surface area contributed by atoms with Crippen LogP contribution >= 0.6 is 0 Å². The van der Waals surface area contributed by atoms with Crippen LogP contribution in [0.3, 0.4) is 0 Å². The summed E-state index contributed by atoms with van der Waals surface area (Å²) < 4.78 is 0. The molecule has 3 N–H and O–H groups in total. The topological polar surface area (TPSA) is 77.8 Å². The number of unbranched alkanes of at least 4 members (excludes halogenated alkanes) is 4. The molecule has 0 heterocycles. The first-order valence-corrected chi connectivity index (χ1v) is 8.81. The van der Waals surface area contributed by atoms with E-state index in [9.17, 15) is 9.90 Å². The third kappa shape index (κ3) is 18.4. The van der Waals surface area contributed by atoms with Crippen molar-refractivity contribution in [3.63, 3.8) is 0 Å². The lowest BCUT2D eigenvalue weighted by atomic mass is 10.1. The van der Waals surface area contributed by atoms with E-state index >= 15 is 0 Å². The Kier molecular flexibility index (Phi) is 16.5. The maximum atomic E-state index is 10.3. The van der Waals surface area contributed by atoms with Gasteiger partial charge in [-0.1, -0.05) is 55.0 Å². The minimum atomic E-state index is -0.747. The van der Waals surface area contributed by atoms with Crippen LogP contribution in [0.5, 0.6) is 0 Å². The quantitative estimate of drug-likeness (QED) is 0.238. The number of carboxylic acid groups (broad SMARTS) is 1. The molecule has 4 nitrogen and oxygen atoms in total. The molecule has 0 aliphatic rings. The summed E-state index contributed by atoms with van der Waals surface area (Å²) in [5.74, 6) is -0.747. The van der Waals surface area contributed by atoms with Crippen molar-refractivity contribution in [1.82, 2.24) is 0 Å². The molecule has 0 saturated heterocycles. The minimum Gasteiger partial charge on any atom is -0.481 e. The maximum absolute atomic E-state index is 10.3. The Morgan fingerprint density at radius 1 is 0.875 bits per heavy atom. The zero-order valence-corrected chi connectivity index (χ0v) is 14.5. The molecule has 4 heteroatoms. The van der Waals surface area contributed by atoms with Gasteiger partial charge in [-0.2, -0.15) is 0 Å². The minimum absolute atomic E-state index is 0.220. The van der Waals surface area contributed by atoms with E-state index in [-0.39, 0.29) is 13.0 Å². The molecule has 1 atom stereocenters. The molecule has 0 bridgehead atoms. The zero-order valence-electron chi connectivity index (χ0n) is 14.5. The monoisotopic (exact) mass is 336 g/mol. The van der Waals surface area contributed by atoms with Gasteiger partial charge in [0.15, 0.2) is 0 Å². The van der Waals surface area contributed by atoms with Gasteiger partial charge in [0, 0.05) is 13.0 Å². The molecular formula is C20H32O4. The number of aliphatic hydroxyl groups is 2. The van der Waals surface area contributed by atoms with Crippen LogP contribution in [0.15, 0.2) is 48.6 Å². The molecule has 0 aliphatic carbocycles. The lowest BCUT2D eigenvalue weighted by Gasteiger charge is -1.99. The predicted octanol–water partition coefficient (Wildman–Crippen LogP) is 4.16. The first-order valence-electron chi connectivity index (χ1n) is 8.81. The van der Waals surface area contributed by atoms with E-state index in [0.717, 1.165) is 38.5 Å². The van der Waals surface area contributed by atoms with Crippen LogP contribution in [-0.4, -0.2) is 34.0 Å². The van der Waals surface area contributed by atoms with Gasteiger partial charge < -0.3 is 15.3 Å². The fraction of sp³-hybridized carbons (Fsp3) is 0.550. The van der Waals surface area contributed by atoms with Crippen LogP contribution in [0, 0.1) is 0 Å². The summed E-state index contributed by atoms with van der Waals surface area (Å²) in [6, 6.07) is 0. The lowest BCUT2D eigenvalue weighted by Crippen LogP contribution is -1.98. The fourth-order valence-corrected chi connectivity index (χ4v) is 2.00. The molecule has 0 aromatic carbocycles. The highest BCUT2D eigenvalue weighted by Gasteiger charge is 1.94. The number of aliphatic hydroxyl groups excluding tert-OH is 2. The second-order valence-electron chi connectivity index (χ2n) is 5.65. The van der Waals surface area contributed by atoms with Gasteiger partial charge in [-0.25, -0.2) is 0 Å². The standard InChI is InChI=1S/C20H32O4/c21-18-14-10-6-5-8-12-16-19(22)15-11-7-3-1-2-4-9-13-17-20(23)24/h2-4,7-8,11-12,15,19,21-22H,1,5-6,9-10,13-14,16-18H2,(H,23,24)/b4-2+,7-3+,12-8-,15-11+/t19-/m1/s1. The molecule has 0 rings (SSSR count). The van der Waals surface area contributed by atoms with Crippen molar-refractivity contribution in [1.29, 1.82) is 0 Å². The summed E-state index contributed by atoms with van der Waals surface area (Å²) >= 11 is 0. The Bertz CT molecular complexity index is 408. The van der Waals surface area contributed by atoms with Crippen molar-refractivity contribution < 1.29 is 20.1 Å². The lowest BCUT2D eigenvalue weighted by molar-refractivity contribution is -0.137. The van der Waals surface area contributed by atoms with Crippen LogP contribution in [-0.2, 0) is 4.79 Å². The SMILES string of the molecule is O=C(O)CCC/C=C/C/C=C/C=C/[C@@H](O)C/C=C\CCCCCO. The van der Waals surface area contributed by atoms with Crippen molar-refractivity contribution in [2.75, 3.05) is 6.61 Å². The molecule has 136 valence electrons. The van der Waals surface area contributed by atoms with Crippen molar-refractivity contribution in [3.05, 3.63) is 48.6 Å². The first kappa shape index (κ1) is 22.4. The second kappa shape index (κ2) is 17.7. The van der Waals surface area contributed by atoms with E-state index in [2.05, 4.69) is 6.08 Å². The van der Waals surface area contributed by atoms with Crippen LogP contribution in [0.4, 0.5) is 0 Å². The molecule has 0 saturated carbocycles. The van der Waals surface area contributed by atoms with Gasteiger partial charge in [-0.15, -0.1) is 0 Å². The van der Waals surface area contributed by atoms with Crippen molar-refractivity contribution in [2.24, 2.45) is 0 Å². The number of carbonyl (C=O) groups is 1. The van der Waals surface area contributed by atoms with E-state index in [0.29, 0.717) is 12.8 Å². The highest BCUT2D eigenvalue weighted by atomic mass is 16.4. The number of allylic oxidation sites excluding steroid dienone is 6. The highest BCUT2D eigenvalue weighted by Crippen LogP contribution is 2.02. The molecule has 0 aromatic heterocycles. The molecule has 0 aliphatic heterocycles. The van der Waals surface area contributed by atoms with Crippen molar-refractivity contribution in [2.45, 2.75) is 63.9 Å². The van der Waals surface area contributed by atoms with Crippen LogP contribution < -0.4 is 0 Å². The summed E-state index contributed by atoms with van der Waals surface area (Å²) in [6.07, 6.45) is 22.2. The Hall–Kier alpha value is -1.65. The van der Waals surface area contributed by atoms with Crippen molar-refractivity contribution >= 4 is 5.97 Å². The van der Waals surface area contributed by atoms with Crippen LogP contribution in [0.1, 0.15) is 57.8 Å². The smallest absolute Gasteiger partial charge is 0.303 e.